The van der Waals surface area contributed by atoms with Gasteiger partial charge in [-0.15, -0.1) is 0 Å². The van der Waals surface area contributed by atoms with Crippen molar-refractivity contribution in [3.63, 3.8) is 0 Å². The van der Waals surface area contributed by atoms with Gasteiger partial charge in [-0.05, 0) is 11.6 Å². The molecule has 2 aromatic rings. The molecule has 8 heteroatoms. The van der Waals surface area contributed by atoms with Crippen LogP contribution in [0.25, 0.3) is 11.2 Å². The molecule has 0 amide bonds. The maximum atomic E-state index is 9.29. The average Bonchev–Trinajstić information content (AvgIpc) is 2.76. The number of aliphatic hydroxyl groups excluding tert-OH is 1. The lowest BCUT2D eigenvalue weighted by atomic mass is 10.4. The van der Waals surface area contributed by atoms with E-state index in [4.69, 9.17) is 16.3 Å². The molecule has 0 aromatic carbocycles. The molecule has 1 N–H and O–H groups in total. The fraction of sp³-hybridized carbons (Fsp3) is 0.545. The molecule has 0 spiro atoms. The van der Waals surface area contributed by atoms with E-state index >= 15 is 0 Å². The van der Waals surface area contributed by atoms with Crippen LogP contribution >= 0.6 is 11.6 Å². The molecule has 0 unspecified atom stereocenters. The molecule has 0 saturated carbocycles. The topological polar surface area (TPSA) is 76.3 Å². The summed E-state index contributed by atoms with van der Waals surface area (Å²) >= 11 is 5.98. The third kappa shape index (κ3) is 2.13. The Morgan fingerprint density at radius 3 is 2.68 bits per heavy atom. The van der Waals surface area contributed by atoms with Crippen LogP contribution in [0.2, 0.25) is 5.28 Å². The summed E-state index contributed by atoms with van der Waals surface area (Å²) in [4.78, 5) is 14.9. The number of anilines is 1. The minimum absolute atomic E-state index is 0.146. The van der Waals surface area contributed by atoms with Gasteiger partial charge in [0, 0.05) is 20.1 Å². The van der Waals surface area contributed by atoms with Crippen LogP contribution in [0.5, 0.6) is 0 Å². The van der Waals surface area contributed by atoms with Crippen molar-refractivity contribution < 1.29 is 9.84 Å². The molecule has 1 fully saturated rings. The monoisotopic (exact) mass is 283 g/mol. The summed E-state index contributed by atoms with van der Waals surface area (Å²) < 4.78 is 7.06. The quantitative estimate of drug-likeness (QED) is 0.801. The fourth-order valence-electron chi connectivity index (χ4n) is 2.20. The lowest BCUT2D eigenvalue weighted by Gasteiger charge is -2.27. The van der Waals surface area contributed by atoms with Crippen LogP contribution in [0.3, 0.4) is 0 Å². The van der Waals surface area contributed by atoms with Crippen LogP contribution in [0.15, 0.2) is 0 Å². The van der Waals surface area contributed by atoms with Gasteiger partial charge in [-0.1, -0.05) is 0 Å². The molecule has 0 atom stereocenters. The van der Waals surface area contributed by atoms with E-state index in [0.29, 0.717) is 36.0 Å². The van der Waals surface area contributed by atoms with E-state index in [1.807, 2.05) is 0 Å². The van der Waals surface area contributed by atoms with Crippen molar-refractivity contribution in [3.8, 4) is 0 Å². The fourth-order valence-corrected chi connectivity index (χ4v) is 2.36. The molecule has 2 aromatic heterocycles. The Bertz CT molecular complexity index is 609. The number of morpholine rings is 1. The Labute approximate surface area is 114 Å². The first-order valence-electron chi connectivity index (χ1n) is 6.03. The summed E-state index contributed by atoms with van der Waals surface area (Å²) in [6.07, 6.45) is 0. The van der Waals surface area contributed by atoms with E-state index in [2.05, 4.69) is 19.9 Å². The number of fused-ring (bicyclic) bond motifs is 1. The summed E-state index contributed by atoms with van der Waals surface area (Å²) in [5.74, 6) is 1.25. The SMILES string of the molecule is Cn1c(CO)nc2c(N3CCOCC3)nc(Cl)nc21. The van der Waals surface area contributed by atoms with Crippen LogP contribution in [0.4, 0.5) is 5.82 Å². The zero-order chi connectivity index (χ0) is 13.4. The number of aromatic nitrogens is 4. The zero-order valence-corrected chi connectivity index (χ0v) is 11.3. The van der Waals surface area contributed by atoms with Crippen molar-refractivity contribution in [3.05, 3.63) is 11.1 Å². The zero-order valence-electron chi connectivity index (χ0n) is 10.5. The Morgan fingerprint density at radius 1 is 1.26 bits per heavy atom. The normalized spacial score (nSPS) is 16.3. The highest BCUT2D eigenvalue weighted by Crippen LogP contribution is 2.25. The van der Waals surface area contributed by atoms with Crippen molar-refractivity contribution in [2.75, 3.05) is 31.2 Å². The number of aryl methyl sites for hydroxylation is 1. The smallest absolute Gasteiger partial charge is 0.226 e. The Kier molecular flexibility index (Phi) is 3.26. The van der Waals surface area contributed by atoms with Gasteiger partial charge < -0.3 is 19.3 Å². The number of hydrogen-bond donors (Lipinski definition) is 1. The standard InChI is InChI=1S/C11H14ClN5O2/c1-16-7(6-18)13-8-9(16)14-11(12)15-10(8)17-2-4-19-5-3-17/h18H,2-6H2,1H3. The first-order chi connectivity index (χ1) is 9.20. The number of hydrogen-bond acceptors (Lipinski definition) is 6. The highest BCUT2D eigenvalue weighted by molar-refractivity contribution is 6.28. The molecule has 0 aliphatic carbocycles. The Balaban J connectivity index is 2.17. The third-order valence-electron chi connectivity index (χ3n) is 3.22. The van der Waals surface area contributed by atoms with Crippen LogP contribution in [0, 0.1) is 0 Å². The van der Waals surface area contributed by atoms with Crippen molar-refractivity contribution >= 4 is 28.6 Å². The van der Waals surface area contributed by atoms with Gasteiger partial charge in [0.25, 0.3) is 0 Å². The van der Waals surface area contributed by atoms with E-state index in [0.717, 1.165) is 13.1 Å². The van der Waals surface area contributed by atoms with Crippen LogP contribution in [-0.4, -0.2) is 50.9 Å². The number of aliphatic hydroxyl groups is 1. The van der Waals surface area contributed by atoms with Crippen LogP contribution in [-0.2, 0) is 18.4 Å². The van der Waals surface area contributed by atoms with Gasteiger partial charge in [0.1, 0.15) is 12.4 Å². The highest BCUT2D eigenvalue weighted by atomic mass is 35.5. The van der Waals surface area contributed by atoms with E-state index in [1.165, 1.54) is 0 Å². The van der Waals surface area contributed by atoms with Crippen molar-refractivity contribution in [2.24, 2.45) is 7.05 Å². The second-order valence-corrected chi connectivity index (χ2v) is 4.67. The second-order valence-electron chi connectivity index (χ2n) is 4.33. The number of nitrogens with zero attached hydrogens (tertiary/aromatic N) is 5. The van der Waals surface area contributed by atoms with Gasteiger partial charge in [0.15, 0.2) is 17.0 Å². The summed E-state index contributed by atoms with van der Waals surface area (Å²) in [6, 6.07) is 0. The highest BCUT2D eigenvalue weighted by Gasteiger charge is 2.21. The molecule has 1 aliphatic heterocycles. The molecule has 3 rings (SSSR count). The lowest BCUT2D eigenvalue weighted by molar-refractivity contribution is 0.122. The van der Waals surface area contributed by atoms with Gasteiger partial charge in [0.05, 0.1) is 13.2 Å². The Hall–Kier alpha value is -1.44. The van der Waals surface area contributed by atoms with E-state index < -0.39 is 0 Å². The summed E-state index contributed by atoms with van der Waals surface area (Å²) in [6.45, 7) is 2.65. The maximum absolute atomic E-state index is 9.29. The first kappa shape index (κ1) is 12.6. The molecule has 0 radical (unpaired) electrons. The summed E-state index contributed by atoms with van der Waals surface area (Å²) in [7, 11) is 1.80. The van der Waals surface area contributed by atoms with Gasteiger partial charge in [0.2, 0.25) is 5.28 Å². The molecule has 7 nitrogen and oxygen atoms in total. The number of halogens is 1. The molecule has 19 heavy (non-hydrogen) atoms. The van der Waals surface area contributed by atoms with E-state index in [1.54, 1.807) is 11.6 Å². The predicted octanol–water partition coefficient (Wildman–Crippen LogP) is 0.346. The minimum Gasteiger partial charge on any atom is -0.388 e. The minimum atomic E-state index is -0.146. The lowest BCUT2D eigenvalue weighted by Crippen LogP contribution is -2.37. The van der Waals surface area contributed by atoms with Crippen molar-refractivity contribution in [2.45, 2.75) is 6.61 Å². The maximum Gasteiger partial charge on any atom is 0.226 e. The number of rotatable bonds is 2. The number of imidazole rings is 1. The summed E-state index contributed by atoms with van der Waals surface area (Å²) in [5, 5.41) is 9.47. The van der Waals surface area contributed by atoms with E-state index in [9.17, 15) is 5.11 Å². The predicted molar refractivity (Wildman–Crippen MR) is 70.3 cm³/mol. The molecular formula is C11H14ClN5O2. The van der Waals surface area contributed by atoms with Crippen molar-refractivity contribution in [1.29, 1.82) is 0 Å². The van der Waals surface area contributed by atoms with Crippen LogP contribution < -0.4 is 4.90 Å². The molecule has 102 valence electrons. The largest absolute Gasteiger partial charge is 0.388 e. The second kappa shape index (κ2) is 4.92. The summed E-state index contributed by atoms with van der Waals surface area (Å²) in [5.41, 5.74) is 1.29. The molecule has 1 saturated heterocycles. The van der Waals surface area contributed by atoms with Gasteiger partial charge >= 0.3 is 0 Å². The van der Waals surface area contributed by atoms with Gasteiger partial charge in [-0.3, -0.25) is 0 Å². The van der Waals surface area contributed by atoms with Gasteiger partial charge in [-0.2, -0.15) is 9.97 Å². The first-order valence-corrected chi connectivity index (χ1v) is 6.41. The Morgan fingerprint density at radius 2 is 2.00 bits per heavy atom. The van der Waals surface area contributed by atoms with Gasteiger partial charge in [-0.25, -0.2) is 4.98 Å². The molecular weight excluding hydrogens is 270 g/mol. The van der Waals surface area contributed by atoms with Crippen LogP contribution in [0.1, 0.15) is 5.82 Å². The molecule has 0 bridgehead atoms. The van der Waals surface area contributed by atoms with E-state index in [-0.39, 0.29) is 11.9 Å². The average molecular weight is 284 g/mol. The van der Waals surface area contributed by atoms with Crippen molar-refractivity contribution in [1.82, 2.24) is 19.5 Å². The third-order valence-corrected chi connectivity index (χ3v) is 3.39. The number of ether oxygens (including phenoxy) is 1. The molecule has 3 heterocycles. The molecule has 1 aliphatic rings.